The Hall–Kier alpha value is -3.03. The van der Waals surface area contributed by atoms with Gasteiger partial charge in [-0.1, -0.05) is 35.9 Å². The normalized spacial score (nSPS) is 11.6. The summed E-state index contributed by atoms with van der Waals surface area (Å²) in [5.41, 5.74) is 14.1. The number of benzene rings is 2. The van der Waals surface area contributed by atoms with Crippen molar-refractivity contribution in [3.63, 3.8) is 0 Å². The average molecular weight is 386 g/mol. The molecule has 6 N–H and O–H groups in total. The van der Waals surface area contributed by atoms with Gasteiger partial charge in [0.05, 0.1) is 10.5 Å². The summed E-state index contributed by atoms with van der Waals surface area (Å²) in [7, 11) is 1.58. The highest BCUT2D eigenvalue weighted by molar-refractivity contribution is 6.35. The standard InChI is InChI=1S/C19H20ClN5O2/c1-23-19(22)25-18(26)15-8-13-14(20)6-7-16(17(13)24-15)27-10-12-4-2-11(9-21)3-5-12/h2-8,24H,9-10,21H2,1H3,(H3,22,23,25,26). The molecule has 3 aromatic rings. The summed E-state index contributed by atoms with van der Waals surface area (Å²) in [6.45, 7) is 0.869. The lowest BCUT2D eigenvalue weighted by atomic mass is 10.1. The number of aliphatic imine (C=N–C) groups is 1. The maximum absolute atomic E-state index is 12.2. The molecular weight excluding hydrogens is 366 g/mol. The minimum atomic E-state index is -0.502. The summed E-state index contributed by atoms with van der Waals surface area (Å²) in [4.78, 5) is 19.0. The Balaban J connectivity index is 1.87. The number of nitrogens with two attached hydrogens (primary N) is 2. The summed E-state index contributed by atoms with van der Waals surface area (Å²) >= 11 is 6.26. The van der Waals surface area contributed by atoms with Crippen LogP contribution in [0.1, 0.15) is 21.6 Å². The van der Waals surface area contributed by atoms with Crippen LogP contribution in [0.2, 0.25) is 5.02 Å². The van der Waals surface area contributed by atoms with Crippen LogP contribution in [-0.4, -0.2) is 23.9 Å². The number of fused-ring (bicyclic) bond motifs is 1. The Kier molecular flexibility index (Phi) is 5.63. The maximum Gasteiger partial charge on any atom is 0.296 e. The molecule has 0 fully saturated rings. The van der Waals surface area contributed by atoms with E-state index < -0.39 is 5.91 Å². The molecule has 3 rings (SSSR count). The van der Waals surface area contributed by atoms with Crippen LogP contribution in [0.25, 0.3) is 10.9 Å². The third-order valence-corrected chi connectivity index (χ3v) is 4.39. The number of hydrogen-bond acceptors (Lipinski definition) is 3. The molecule has 27 heavy (non-hydrogen) atoms. The number of nitrogens with one attached hydrogen (secondary N) is 2. The molecule has 0 atom stereocenters. The monoisotopic (exact) mass is 385 g/mol. The van der Waals surface area contributed by atoms with Crippen molar-refractivity contribution in [1.29, 1.82) is 0 Å². The molecule has 2 aromatic carbocycles. The summed E-state index contributed by atoms with van der Waals surface area (Å²) in [6, 6.07) is 13.0. The van der Waals surface area contributed by atoms with Crippen LogP contribution in [0.4, 0.5) is 0 Å². The Morgan fingerprint density at radius 2 is 1.93 bits per heavy atom. The number of H-pyrrole nitrogens is 1. The van der Waals surface area contributed by atoms with Crippen molar-refractivity contribution in [2.75, 3.05) is 7.05 Å². The lowest BCUT2D eigenvalue weighted by Gasteiger charge is -2.09. The lowest BCUT2D eigenvalue weighted by Crippen LogP contribution is -2.28. The molecule has 0 saturated carbocycles. The molecule has 7 nitrogen and oxygen atoms in total. The van der Waals surface area contributed by atoms with Crippen molar-refractivity contribution in [1.82, 2.24) is 10.3 Å². The Bertz CT molecular complexity index is 995. The lowest BCUT2D eigenvalue weighted by molar-refractivity contribution is 0.0998. The zero-order chi connectivity index (χ0) is 19.4. The third-order valence-electron chi connectivity index (χ3n) is 4.06. The molecular formula is C19H20ClN5O2. The number of halogens is 1. The van der Waals surface area contributed by atoms with Gasteiger partial charge in [0, 0.05) is 19.0 Å². The number of amides is 1. The molecule has 1 aromatic heterocycles. The average Bonchev–Trinajstić information content (AvgIpc) is 3.14. The van der Waals surface area contributed by atoms with E-state index in [0.717, 1.165) is 11.1 Å². The molecule has 1 heterocycles. The van der Waals surface area contributed by atoms with Gasteiger partial charge in [0.15, 0.2) is 5.96 Å². The number of ether oxygens (including phenoxy) is 1. The fraction of sp³-hybridized carbons (Fsp3) is 0.158. The highest BCUT2D eigenvalue weighted by Gasteiger charge is 2.15. The zero-order valence-electron chi connectivity index (χ0n) is 14.8. The van der Waals surface area contributed by atoms with Crippen molar-refractivity contribution >= 4 is 34.4 Å². The highest BCUT2D eigenvalue weighted by Crippen LogP contribution is 2.32. The first-order chi connectivity index (χ1) is 13.0. The number of guanidine groups is 1. The molecule has 0 bridgehead atoms. The molecule has 0 aliphatic heterocycles. The highest BCUT2D eigenvalue weighted by atomic mass is 35.5. The maximum atomic E-state index is 12.2. The fourth-order valence-corrected chi connectivity index (χ4v) is 2.76. The van der Waals surface area contributed by atoms with E-state index in [1.807, 2.05) is 24.3 Å². The van der Waals surface area contributed by atoms with Gasteiger partial charge >= 0.3 is 0 Å². The van der Waals surface area contributed by atoms with Crippen LogP contribution in [-0.2, 0) is 13.2 Å². The number of carbonyl (C=O) groups is 1. The second-order valence-electron chi connectivity index (χ2n) is 5.88. The zero-order valence-corrected chi connectivity index (χ0v) is 15.5. The van der Waals surface area contributed by atoms with Gasteiger partial charge in [-0.2, -0.15) is 4.99 Å². The first kappa shape index (κ1) is 18.8. The predicted molar refractivity (Wildman–Crippen MR) is 107 cm³/mol. The van der Waals surface area contributed by atoms with Gasteiger partial charge in [0.25, 0.3) is 5.91 Å². The predicted octanol–water partition coefficient (Wildman–Crippen LogP) is 2.53. The summed E-state index contributed by atoms with van der Waals surface area (Å²) in [5, 5.41) is 3.78. The number of carbonyl (C=O) groups excluding carboxylic acids is 1. The molecule has 0 radical (unpaired) electrons. The van der Waals surface area contributed by atoms with Crippen LogP contribution < -0.4 is 21.5 Å². The van der Waals surface area contributed by atoms with Gasteiger partial charge in [-0.25, -0.2) is 0 Å². The molecule has 8 heteroatoms. The van der Waals surface area contributed by atoms with Crippen LogP contribution in [0.15, 0.2) is 47.5 Å². The van der Waals surface area contributed by atoms with E-state index in [-0.39, 0.29) is 11.7 Å². The topological polar surface area (TPSA) is 119 Å². The largest absolute Gasteiger partial charge is 0.487 e. The van der Waals surface area contributed by atoms with E-state index >= 15 is 0 Å². The summed E-state index contributed by atoms with van der Waals surface area (Å²) in [5.74, 6) is 0.113. The van der Waals surface area contributed by atoms with E-state index in [1.165, 1.54) is 0 Å². The Labute approximate surface area is 161 Å². The number of aromatic amines is 1. The van der Waals surface area contributed by atoms with Crippen LogP contribution in [0.3, 0.4) is 0 Å². The van der Waals surface area contributed by atoms with Gasteiger partial charge < -0.3 is 26.5 Å². The van der Waals surface area contributed by atoms with Crippen molar-refractivity contribution < 1.29 is 9.53 Å². The molecule has 0 spiro atoms. The third kappa shape index (κ3) is 4.21. The van der Waals surface area contributed by atoms with E-state index in [2.05, 4.69) is 15.3 Å². The number of nitrogens with zero attached hydrogens (tertiary/aromatic N) is 1. The van der Waals surface area contributed by atoms with Crippen LogP contribution in [0.5, 0.6) is 5.75 Å². The van der Waals surface area contributed by atoms with Gasteiger partial charge in [-0.05, 0) is 29.3 Å². The smallest absolute Gasteiger partial charge is 0.296 e. The van der Waals surface area contributed by atoms with Gasteiger partial charge in [-0.3, -0.25) is 4.79 Å². The molecule has 1 amide bonds. The van der Waals surface area contributed by atoms with Gasteiger partial charge in [0.1, 0.15) is 18.1 Å². The SMILES string of the molecule is CNC(N)=NC(=O)c1cc2c(Cl)ccc(OCc3ccc(CN)cc3)c2[nH]1. The minimum absolute atomic E-state index is 0.0298. The number of hydrogen-bond donors (Lipinski definition) is 4. The van der Waals surface area contributed by atoms with Crippen molar-refractivity contribution in [3.05, 3.63) is 64.3 Å². The molecule has 0 aliphatic carbocycles. The Morgan fingerprint density at radius 3 is 2.59 bits per heavy atom. The summed E-state index contributed by atoms with van der Waals surface area (Å²) in [6.07, 6.45) is 0. The summed E-state index contributed by atoms with van der Waals surface area (Å²) < 4.78 is 5.92. The van der Waals surface area contributed by atoms with Crippen molar-refractivity contribution in [3.8, 4) is 5.75 Å². The molecule has 0 saturated heterocycles. The van der Waals surface area contributed by atoms with Crippen molar-refractivity contribution in [2.24, 2.45) is 16.5 Å². The number of rotatable bonds is 5. The van der Waals surface area contributed by atoms with Crippen LogP contribution in [0, 0.1) is 0 Å². The van der Waals surface area contributed by atoms with E-state index in [4.69, 9.17) is 27.8 Å². The first-order valence-corrected chi connectivity index (χ1v) is 8.67. The van der Waals surface area contributed by atoms with E-state index in [9.17, 15) is 4.79 Å². The quantitative estimate of drug-likeness (QED) is 0.397. The van der Waals surface area contributed by atoms with Crippen LogP contribution >= 0.6 is 11.6 Å². The molecule has 140 valence electrons. The van der Waals surface area contributed by atoms with Gasteiger partial charge in [0.2, 0.25) is 0 Å². The molecule has 0 aliphatic rings. The minimum Gasteiger partial charge on any atom is -0.487 e. The Morgan fingerprint density at radius 1 is 1.22 bits per heavy atom. The fourth-order valence-electron chi connectivity index (χ4n) is 2.55. The number of aromatic nitrogens is 1. The van der Waals surface area contributed by atoms with E-state index in [0.29, 0.717) is 34.8 Å². The van der Waals surface area contributed by atoms with E-state index in [1.54, 1.807) is 25.2 Å². The van der Waals surface area contributed by atoms with Crippen molar-refractivity contribution in [2.45, 2.75) is 13.2 Å². The second kappa shape index (κ2) is 8.11. The first-order valence-electron chi connectivity index (χ1n) is 8.30. The van der Waals surface area contributed by atoms with Gasteiger partial charge in [-0.15, -0.1) is 0 Å². The molecule has 0 unspecified atom stereocenters. The second-order valence-corrected chi connectivity index (χ2v) is 6.29.